The molecule has 0 bridgehead atoms. The summed E-state index contributed by atoms with van der Waals surface area (Å²) >= 11 is 0. The first-order chi connectivity index (χ1) is 6.17. The third-order valence-corrected chi connectivity index (χ3v) is 3.32. The lowest BCUT2D eigenvalue weighted by Gasteiger charge is -2.25. The highest BCUT2D eigenvalue weighted by molar-refractivity contribution is 7.87. The summed E-state index contributed by atoms with van der Waals surface area (Å²) in [5, 5.41) is 8.46. The number of morpholine rings is 1. The van der Waals surface area contributed by atoms with E-state index in [-0.39, 0.29) is 13.2 Å². The van der Waals surface area contributed by atoms with E-state index < -0.39 is 10.2 Å². The molecule has 1 heterocycles. The number of nitrogens with one attached hydrogen (secondary N) is 1. The molecule has 1 aliphatic heterocycles. The number of aliphatic hydroxyl groups is 1. The van der Waals surface area contributed by atoms with Gasteiger partial charge in [-0.05, 0) is 0 Å². The highest BCUT2D eigenvalue weighted by Crippen LogP contribution is 2.01. The van der Waals surface area contributed by atoms with Gasteiger partial charge in [-0.2, -0.15) is 17.4 Å². The van der Waals surface area contributed by atoms with Gasteiger partial charge in [-0.15, -0.1) is 0 Å². The standard InChI is InChI=1S/C6H14N2O4S/c9-4-1-7-13(10,11)8-2-5-12-6-3-8/h7,9H,1-6H2. The molecule has 13 heavy (non-hydrogen) atoms. The number of nitrogens with zero attached hydrogens (tertiary/aromatic N) is 1. The van der Waals surface area contributed by atoms with E-state index in [9.17, 15) is 8.42 Å². The number of aliphatic hydroxyl groups excluding tert-OH is 1. The Morgan fingerprint density at radius 3 is 2.54 bits per heavy atom. The van der Waals surface area contributed by atoms with Crippen LogP contribution in [0.3, 0.4) is 0 Å². The normalized spacial score (nSPS) is 20.4. The maximum absolute atomic E-state index is 11.4. The van der Waals surface area contributed by atoms with Gasteiger partial charge >= 0.3 is 0 Å². The second kappa shape index (κ2) is 4.87. The van der Waals surface area contributed by atoms with Gasteiger partial charge < -0.3 is 9.84 Å². The summed E-state index contributed by atoms with van der Waals surface area (Å²) in [5.41, 5.74) is 0. The third-order valence-electron chi connectivity index (χ3n) is 1.71. The van der Waals surface area contributed by atoms with Crippen molar-refractivity contribution < 1.29 is 18.3 Å². The van der Waals surface area contributed by atoms with Gasteiger partial charge in [-0.3, -0.25) is 0 Å². The fraction of sp³-hybridized carbons (Fsp3) is 1.00. The van der Waals surface area contributed by atoms with Crippen molar-refractivity contribution in [1.82, 2.24) is 9.03 Å². The molecule has 0 atom stereocenters. The molecule has 1 saturated heterocycles. The summed E-state index contributed by atoms with van der Waals surface area (Å²) in [4.78, 5) is 0. The van der Waals surface area contributed by atoms with Crippen molar-refractivity contribution in [2.75, 3.05) is 39.5 Å². The van der Waals surface area contributed by atoms with Crippen LogP contribution in [0.5, 0.6) is 0 Å². The highest BCUT2D eigenvalue weighted by atomic mass is 32.2. The lowest BCUT2D eigenvalue weighted by molar-refractivity contribution is 0.0724. The van der Waals surface area contributed by atoms with E-state index in [4.69, 9.17) is 9.84 Å². The lowest BCUT2D eigenvalue weighted by Crippen LogP contribution is -2.47. The van der Waals surface area contributed by atoms with Crippen LogP contribution in [0, 0.1) is 0 Å². The van der Waals surface area contributed by atoms with E-state index in [1.807, 2.05) is 0 Å². The van der Waals surface area contributed by atoms with Crippen LogP contribution in [-0.4, -0.2) is 57.3 Å². The minimum Gasteiger partial charge on any atom is -0.395 e. The summed E-state index contributed by atoms with van der Waals surface area (Å²) in [5.74, 6) is 0. The Kier molecular flexibility index (Phi) is 4.07. The second-order valence-corrected chi connectivity index (χ2v) is 4.39. The quantitative estimate of drug-likeness (QED) is 0.570. The predicted octanol–water partition coefficient (Wildman–Crippen LogP) is -1.85. The van der Waals surface area contributed by atoms with Crippen LogP contribution in [0.15, 0.2) is 0 Å². The molecule has 0 radical (unpaired) electrons. The maximum atomic E-state index is 11.4. The molecule has 0 aromatic carbocycles. The zero-order valence-corrected chi connectivity index (χ0v) is 8.09. The molecule has 7 heteroatoms. The number of ether oxygens (including phenoxy) is 1. The van der Waals surface area contributed by atoms with Gasteiger partial charge in [0, 0.05) is 19.6 Å². The Balaban J connectivity index is 2.47. The van der Waals surface area contributed by atoms with Crippen molar-refractivity contribution in [2.24, 2.45) is 0 Å². The van der Waals surface area contributed by atoms with Crippen molar-refractivity contribution in [1.29, 1.82) is 0 Å². The summed E-state index contributed by atoms with van der Waals surface area (Å²) in [6.45, 7) is 1.48. The molecule has 0 aromatic heterocycles. The van der Waals surface area contributed by atoms with Crippen molar-refractivity contribution in [3.63, 3.8) is 0 Å². The van der Waals surface area contributed by atoms with Crippen LogP contribution in [-0.2, 0) is 14.9 Å². The van der Waals surface area contributed by atoms with Gasteiger partial charge in [-0.25, -0.2) is 0 Å². The van der Waals surface area contributed by atoms with Crippen LogP contribution in [0.1, 0.15) is 0 Å². The zero-order valence-electron chi connectivity index (χ0n) is 7.27. The first-order valence-corrected chi connectivity index (χ1v) is 5.54. The molecule has 0 unspecified atom stereocenters. The average molecular weight is 210 g/mol. The van der Waals surface area contributed by atoms with E-state index >= 15 is 0 Å². The fourth-order valence-electron chi connectivity index (χ4n) is 1.05. The van der Waals surface area contributed by atoms with Gasteiger partial charge in [-0.1, -0.05) is 0 Å². The molecule has 1 rings (SSSR count). The van der Waals surface area contributed by atoms with Gasteiger partial charge in [0.1, 0.15) is 0 Å². The van der Waals surface area contributed by atoms with Gasteiger partial charge in [0.2, 0.25) is 0 Å². The van der Waals surface area contributed by atoms with E-state index in [1.54, 1.807) is 0 Å². The van der Waals surface area contributed by atoms with Gasteiger partial charge in [0.25, 0.3) is 10.2 Å². The Morgan fingerprint density at radius 1 is 1.38 bits per heavy atom. The van der Waals surface area contributed by atoms with Crippen molar-refractivity contribution in [3.8, 4) is 0 Å². The van der Waals surface area contributed by atoms with Gasteiger partial charge in [0.15, 0.2) is 0 Å². The summed E-state index contributed by atoms with van der Waals surface area (Å²) in [7, 11) is -3.40. The van der Waals surface area contributed by atoms with Crippen LogP contribution >= 0.6 is 0 Å². The molecule has 1 aliphatic rings. The first-order valence-electron chi connectivity index (χ1n) is 4.10. The number of hydrogen-bond donors (Lipinski definition) is 2. The average Bonchev–Trinajstić information content (AvgIpc) is 2.16. The van der Waals surface area contributed by atoms with E-state index in [1.165, 1.54) is 4.31 Å². The number of rotatable bonds is 4. The minimum atomic E-state index is -3.40. The second-order valence-electron chi connectivity index (χ2n) is 2.63. The molecule has 6 nitrogen and oxygen atoms in total. The van der Waals surface area contributed by atoms with Crippen molar-refractivity contribution in [2.45, 2.75) is 0 Å². The van der Waals surface area contributed by atoms with Crippen LogP contribution in [0.2, 0.25) is 0 Å². The van der Waals surface area contributed by atoms with Gasteiger partial charge in [0.05, 0.1) is 19.8 Å². The molecule has 0 saturated carbocycles. The topological polar surface area (TPSA) is 78.9 Å². The Labute approximate surface area is 77.7 Å². The fourth-order valence-corrected chi connectivity index (χ4v) is 2.21. The number of hydrogen-bond acceptors (Lipinski definition) is 4. The SMILES string of the molecule is O=S(=O)(NCCO)N1CCOCC1. The largest absolute Gasteiger partial charge is 0.395 e. The van der Waals surface area contributed by atoms with Crippen LogP contribution in [0.4, 0.5) is 0 Å². The smallest absolute Gasteiger partial charge is 0.279 e. The lowest BCUT2D eigenvalue weighted by atomic mass is 10.5. The molecular formula is C6H14N2O4S. The summed E-state index contributed by atoms with van der Waals surface area (Å²) in [6, 6.07) is 0. The maximum Gasteiger partial charge on any atom is 0.279 e. The van der Waals surface area contributed by atoms with Crippen LogP contribution < -0.4 is 4.72 Å². The molecule has 2 N–H and O–H groups in total. The molecule has 0 spiro atoms. The summed E-state index contributed by atoms with van der Waals surface area (Å²) < 4.78 is 31.4. The van der Waals surface area contributed by atoms with E-state index in [0.717, 1.165) is 0 Å². The Bertz CT molecular complexity index is 235. The van der Waals surface area contributed by atoms with Crippen molar-refractivity contribution in [3.05, 3.63) is 0 Å². The van der Waals surface area contributed by atoms with E-state index in [0.29, 0.717) is 26.3 Å². The summed E-state index contributed by atoms with van der Waals surface area (Å²) in [6.07, 6.45) is 0. The van der Waals surface area contributed by atoms with E-state index in [2.05, 4.69) is 4.72 Å². The highest BCUT2D eigenvalue weighted by Gasteiger charge is 2.22. The molecule has 78 valence electrons. The Hall–Kier alpha value is -0.210. The molecule has 0 amide bonds. The molecule has 0 aromatic rings. The molecule has 0 aliphatic carbocycles. The molecular weight excluding hydrogens is 196 g/mol. The molecule has 1 fully saturated rings. The Morgan fingerprint density at radius 2 is 2.00 bits per heavy atom. The minimum absolute atomic E-state index is 0.0552. The predicted molar refractivity (Wildman–Crippen MR) is 46.4 cm³/mol. The first kappa shape index (κ1) is 10.9. The monoisotopic (exact) mass is 210 g/mol. The van der Waals surface area contributed by atoms with Crippen LogP contribution in [0.25, 0.3) is 0 Å². The third kappa shape index (κ3) is 3.20. The zero-order chi connectivity index (χ0) is 9.73. The van der Waals surface area contributed by atoms with Crippen molar-refractivity contribution >= 4 is 10.2 Å².